The average Bonchev–Trinajstić information content (AvgIpc) is 2.60. The van der Waals surface area contributed by atoms with Crippen LogP contribution >= 0.6 is 24.0 Å². The highest BCUT2D eigenvalue weighted by molar-refractivity contribution is 6.41. The van der Waals surface area contributed by atoms with Gasteiger partial charge in [-0.05, 0) is 29.3 Å². The number of rotatable bonds is 7. The molecule has 0 bridgehead atoms. The van der Waals surface area contributed by atoms with Gasteiger partial charge in [0, 0.05) is 17.3 Å². The van der Waals surface area contributed by atoms with Crippen LogP contribution in [-0.2, 0) is 6.54 Å². The quantitative estimate of drug-likeness (QED) is 0.363. The van der Waals surface area contributed by atoms with E-state index in [0.717, 1.165) is 28.9 Å². The van der Waals surface area contributed by atoms with Gasteiger partial charge in [-0.2, -0.15) is 0 Å². The van der Waals surface area contributed by atoms with E-state index in [4.69, 9.17) is 11.6 Å². The second kappa shape index (κ2) is 9.27. The molecule has 0 radical (unpaired) electrons. The second-order valence-corrected chi connectivity index (χ2v) is 6.50. The molecule has 0 saturated carbocycles. The van der Waals surface area contributed by atoms with Crippen LogP contribution in [0.1, 0.15) is 38.2 Å². The molecule has 0 atom stereocenters. The third-order valence-electron chi connectivity index (χ3n) is 4.49. The van der Waals surface area contributed by atoms with Crippen LogP contribution in [0, 0.1) is 0 Å². The molecule has 0 fully saturated rings. The predicted octanol–water partition coefficient (Wildman–Crippen LogP) is 6.74. The van der Waals surface area contributed by atoms with Crippen LogP contribution in [0.2, 0.25) is 5.02 Å². The lowest BCUT2D eigenvalue weighted by atomic mass is 9.96. The highest BCUT2D eigenvalue weighted by Gasteiger charge is 2.11. The lowest BCUT2D eigenvalue weighted by molar-refractivity contribution is 0.600. The molecule has 3 aromatic rings. The summed E-state index contributed by atoms with van der Waals surface area (Å²) in [6.07, 6.45) is 5.17. The van der Waals surface area contributed by atoms with Gasteiger partial charge in [-0.1, -0.05) is 86.3 Å². The fourth-order valence-corrected chi connectivity index (χ4v) is 3.58. The van der Waals surface area contributed by atoms with E-state index in [1.54, 1.807) is 0 Å². The predicted molar refractivity (Wildman–Crippen MR) is 110 cm³/mol. The van der Waals surface area contributed by atoms with E-state index in [2.05, 4.69) is 60.8 Å². The fourth-order valence-electron chi connectivity index (χ4n) is 3.25. The molecule has 3 rings (SSSR count). The first-order valence-corrected chi connectivity index (χ1v) is 8.99. The van der Waals surface area contributed by atoms with Crippen molar-refractivity contribution in [2.45, 2.75) is 39.2 Å². The van der Waals surface area contributed by atoms with Gasteiger partial charge in [-0.15, -0.1) is 12.4 Å². The Hall–Kier alpha value is -1.28. The van der Waals surface area contributed by atoms with Crippen molar-refractivity contribution in [2.24, 2.45) is 0 Å². The first kappa shape index (κ1) is 19.1. The van der Waals surface area contributed by atoms with Crippen molar-refractivity contribution in [1.29, 1.82) is 0 Å². The Labute approximate surface area is 155 Å². The molecule has 0 aliphatic rings. The number of benzene rings is 3. The Morgan fingerprint density at radius 3 is 1.88 bits per heavy atom. The summed E-state index contributed by atoms with van der Waals surface area (Å²) in [7, 11) is 0. The van der Waals surface area contributed by atoms with Crippen molar-refractivity contribution in [2.75, 3.05) is 6.54 Å². The van der Waals surface area contributed by atoms with Gasteiger partial charge in [0.15, 0.2) is 0 Å². The largest absolute Gasteiger partial charge is 0.313 e. The van der Waals surface area contributed by atoms with Gasteiger partial charge in [0.1, 0.15) is 0 Å². The molecule has 1 nitrogen and oxygen atoms in total. The van der Waals surface area contributed by atoms with Crippen molar-refractivity contribution in [3.8, 4) is 0 Å². The van der Waals surface area contributed by atoms with Crippen molar-refractivity contribution in [3.63, 3.8) is 0 Å². The monoisotopic (exact) mass is 361 g/mol. The molecule has 0 aliphatic carbocycles. The number of hydrogen-bond acceptors (Lipinski definition) is 1. The molecular formula is C21H25Cl2N. The molecular weight excluding hydrogens is 337 g/mol. The summed E-state index contributed by atoms with van der Waals surface area (Å²) in [6, 6.07) is 16.9. The molecule has 24 heavy (non-hydrogen) atoms. The van der Waals surface area contributed by atoms with Gasteiger partial charge < -0.3 is 5.32 Å². The summed E-state index contributed by atoms with van der Waals surface area (Å²) in [5.74, 6) is 0. The van der Waals surface area contributed by atoms with Crippen LogP contribution in [-0.4, -0.2) is 6.54 Å². The summed E-state index contributed by atoms with van der Waals surface area (Å²) in [6.45, 7) is 4.22. The zero-order valence-corrected chi connectivity index (χ0v) is 15.7. The smallest absolute Gasteiger partial charge is 0.0562 e. The lowest BCUT2D eigenvalue weighted by Crippen LogP contribution is -2.15. The number of unbranched alkanes of at least 4 members (excludes halogenated alkanes) is 3. The minimum atomic E-state index is 0. The molecule has 0 aliphatic heterocycles. The Balaban J connectivity index is 0.00000208. The highest BCUT2D eigenvalue weighted by Crippen LogP contribution is 2.35. The van der Waals surface area contributed by atoms with E-state index >= 15 is 0 Å². The minimum Gasteiger partial charge on any atom is -0.313 e. The SMILES string of the molecule is CCCCCCNCc1c2ccccc2c(Cl)c2ccccc12.Cl. The van der Waals surface area contributed by atoms with E-state index in [9.17, 15) is 0 Å². The Bertz CT molecular complexity index is 741. The molecule has 0 amide bonds. The fraction of sp³-hybridized carbons (Fsp3) is 0.333. The lowest BCUT2D eigenvalue weighted by Gasteiger charge is -2.14. The average molecular weight is 362 g/mol. The number of fused-ring (bicyclic) bond motifs is 2. The van der Waals surface area contributed by atoms with Gasteiger partial charge in [-0.25, -0.2) is 0 Å². The normalized spacial score (nSPS) is 10.9. The summed E-state index contributed by atoms with van der Waals surface area (Å²) >= 11 is 6.64. The van der Waals surface area contributed by atoms with Gasteiger partial charge in [0.05, 0.1) is 5.02 Å². The summed E-state index contributed by atoms with van der Waals surface area (Å²) in [4.78, 5) is 0. The first-order chi connectivity index (χ1) is 11.3. The van der Waals surface area contributed by atoms with Gasteiger partial charge in [0.2, 0.25) is 0 Å². The molecule has 128 valence electrons. The number of hydrogen-bond donors (Lipinski definition) is 1. The maximum Gasteiger partial charge on any atom is 0.0562 e. The molecule has 3 aromatic carbocycles. The van der Waals surface area contributed by atoms with E-state index < -0.39 is 0 Å². The summed E-state index contributed by atoms with van der Waals surface area (Å²) < 4.78 is 0. The maximum atomic E-state index is 6.64. The van der Waals surface area contributed by atoms with Gasteiger partial charge >= 0.3 is 0 Å². The molecule has 0 spiro atoms. The van der Waals surface area contributed by atoms with E-state index in [0.29, 0.717) is 0 Å². The van der Waals surface area contributed by atoms with Crippen molar-refractivity contribution >= 4 is 45.6 Å². The molecule has 0 saturated heterocycles. The van der Waals surface area contributed by atoms with Crippen LogP contribution in [0.15, 0.2) is 48.5 Å². The zero-order chi connectivity index (χ0) is 16.1. The van der Waals surface area contributed by atoms with Crippen LogP contribution in [0.25, 0.3) is 21.5 Å². The summed E-state index contributed by atoms with van der Waals surface area (Å²) in [5.41, 5.74) is 1.36. The number of halogens is 2. The third-order valence-corrected chi connectivity index (χ3v) is 4.89. The molecule has 0 unspecified atom stereocenters. The maximum absolute atomic E-state index is 6.64. The van der Waals surface area contributed by atoms with Crippen LogP contribution in [0.4, 0.5) is 0 Å². The molecule has 3 heteroatoms. The third kappa shape index (κ3) is 4.03. The zero-order valence-electron chi connectivity index (χ0n) is 14.1. The van der Waals surface area contributed by atoms with Crippen molar-refractivity contribution in [1.82, 2.24) is 5.32 Å². The highest BCUT2D eigenvalue weighted by atomic mass is 35.5. The van der Waals surface area contributed by atoms with Gasteiger partial charge in [0.25, 0.3) is 0 Å². The van der Waals surface area contributed by atoms with Crippen molar-refractivity contribution in [3.05, 3.63) is 59.1 Å². The standard InChI is InChI=1S/C21H24ClN.ClH/c1-2-3-4-9-14-23-15-20-16-10-5-7-12-18(16)21(22)19-13-8-6-11-17(19)20;/h5-8,10-13,23H,2-4,9,14-15H2,1H3;1H. The van der Waals surface area contributed by atoms with Crippen LogP contribution in [0.5, 0.6) is 0 Å². The Morgan fingerprint density at radius 1 is 0.792 bits per heavy atom. The van der Waals surface area contributed by atoms with Crippen LogP contribution < -0.4 is 5.32 Å². The van der Waals surface area contributed by atoms with Crippen LogP contribution in [0.3, 0.4) is 0 Å². The summed E-state index contributed by atoms with van der Waals surface area (Å²) in [5, 5.41) is 9.31. The molecule has 1 N–H and O–H groups in total. The van der Waals surface area contributed by atoms with E-state index in [-0.39, 0.29) is 12.4 Å². The van der Waals surface area contributed by atoms with E-state index in [1.807, 2.05) is 0 Å². The molecule has 0 heterocycles. The Kier molecular flexibility index (Phi) is 7.36. The van der Waals surface area contributed by atoms with E-state index in [1.165, 1.54) is 42.0 Å². The topological polar surface area (TPSA) is 12.0 Å². The minimum absolute atomic E-state index is 0. The first-order valence-electron chi connectivity index (χ1n) is 8.61. The van der Waals surface area contributed by atoms with Gasteiger partial charge in [-0.3, -0.25) is 0 Å². The molecule has 0 aromatic heterocycles. The number of nitrogens with one attached hydrogen (secondary N) is 1. The Morgan fingerprint density at radius 2 is 1.33 bits per heavy atom. The second-order valence-electron chi connectivity index (χ2n) is 6.12. The van der Waals surface area contributed by atoms with Crippen molar-refractivity contribution < 1.29 is 0 Å².